The predicted molar refractivity (Wildman–Crippen MR) is 113 cm³/mol. The van der Waals surface area contributed by atoms with Crippen LogP contribution in [0.5, 0.6) is 0 Å². The lowest BCUT2D eigenvalue weighted by Crippen LogP contribution is -2.35. The monoisotopic (exact) mass is 400 g/mol. The molecule has 1 aliphatic rings. The van der Waals surface area contributed by atoms with Crippen molar-refractivity contribution in [1.82, 2.24) is 5.32 Å². The maximum absolute atomic E-state index is 12.7. The first-order chi connectivity index (χ1) is 13.5. The van der Waals surface area contributed by atoms with Crippen LogP contribution in [-0.4, -0.2) is 25.0 Å². The Morgan fingerprint density at radius 3 is 2.39 bits per heavy atom. The number of urea groups is 1. The van der Waals surface area contributed by atoms with Crippen LogP contribution in [0, 0.1) is 0 Å². The summed E-state index contributed by atoms with van der Waals surface area (Å²) in [5.74, 6) is -0.196. The van der Waals surface area contributed by atoms with Gasteiger partial charge in [0.15, 0.2) is 0 Å². The number of carbonyl (C=O) groups excluding carboxylic acids is 2. The third kappa shape index (κ3) is 5.39. The molecule has 2 aromatic carbocycles. The van der Waals surface area contributed by atoms with Gasteiger partial charge in [-0.25, -0.2) is 4.79 Å². The fourth-order valence-corrected chi connectivity index (χ4v) is 3.62. The standard InChI is InChI=1S/C21H25ClN4O2/c22-16-10-8-15(9-11-16)18(25-21(23)28)14-20(27)24-17-6-2-3-7-19(17)26-12-4-1-5-13-26/h2-3,6-11,18H,1,4-5,12-14H2,(H,24,27)(H3,23,25,28)/t18-/m1/s1. The number of rotatable bonds is 6. The molecule has 4 N–H and O–H groups in total. The number of hydrogen-bond donors (Lipinski definition) is 3. The molecule has 148 valence electrons. The Morgan fingerprint density at radius 2 is 1.71 bits per heavy atom. The first kappa shape index (κ1) is 20.0. The van der Waals surface area contributed by atoms with Crippen molar-refractivity contribution < 1.29 is 9.59 Å². The maximum Gasteiger partial charge on any atom is 0.312 e. The summed E-state index contributed by atoms with van der Waals surface area (Å²) < 4.78 is 0. The van der Waals surface area contributed by atoms with E-state index in [1.54, 1.807) is 24.3 Å². The molecule has 3 rings (SSSR count). The number of nitrogens with zero attached hydrogens (tertiary/aromatic N) is 1. The molecule has 1 aliphatic heterocycles. The van der Waals surface area contributed by atoms with Gasteiger partial charge in [0.2, 0.25) is 5.91 Å². The number of anilines is 2. The highest BCUT2D eigenvalue weighted by molar-refractivity contribution is 6.30. The summed E-state index contributed by atoms with van der Waals surface area (Å²) in [6.07, 6.45) is 3.62. The van der Waals surface area contributed by atoms with Gasteiger partial charge in [0.05, 0.1) is 23.8 Å². The van der Waals surface area contributed by atoms with Gasteiger partial charge < -0.3 is 21.3 Å². The molecule has 6 nitrogen and oxygen atoms in total. The van der Waals surface area contributed by atoms with Crippen molar-refractivity contribution in [2.45, 2.75) is 31.7 Å². The van der Waals surface area contributed by atoms with E-state index in [0.29, 0.717) is 5.02 Å². The summed E-state index contributed by atoms with van der Waals surface area (Å²) in [4.78, 5) is 26.4. The van der Waals surface area contributed by atoms with Crippen molar-refractivity contribution in [3.63, 3.8) is 0 Å². The highest BCUT2D eigenvalue weighted by atomic mass is 35.5. The lowest BCUT2D eigenvalue weighted by molar-refractivity contribution is -0.116. The van der Waals surface area contributed by atoms with Gasteiger partial charge in [-0.05, 0) is 49.1 Å². The van der Waals surface area contributed by atoms with Gasteiger partial charge in [0, 0.05) is 18.1 Å². The van der Waals surface area contributed by atoms with Gasteiger partial charge in [0.1, 0.15) is 0 Å². The summed E-state index contributed by atoms with van der Waals surface area (Å²) in [6, 6.07) is 13.6. The van der Waals surface area contributed by atoms with Crippen molar-refractivity contribution in [2.75, 3.05) is 23.3 Å². The van der Waals surface area contributed by atoms with Crippen LogP contribution in [0.15, 0.2) is 48.5 Å². The molecule has 1 heterocycles. The van der Waals surface area contributed by atoms with E-state index in [0.717, 1.165) is 42.9 Å². The Kier molecular flexibility index (Phi) is 6.76. The molecule has 0 bridgehead atoms. The number of benzene rings is 2. The molecule has 7 heteroatoms. The smallest absolute Gasteiger partial charge is 0.312 e. The molecule has 1 atom stereocenters. The van der Waals surface area contributed by atoms with Crippen LogP contribution in [-0.2, 0) is 4.79 Å². The molecule has 1 fully saturated rings. The van der Waals surface area contributed by atoms with E-state index in [2.05, 4.69) is 15.5 Å². The second-order valence-corrected chi connectivity index (χ2v) is 7.37. The normalized spacial score (nSPS) is 15.0. The molecule has 0 aromatic heterocycles. The SMILES string of the molecule is NC(=O)N[C@H](CC(=O)Nc1ccccc1N1CCCCC1)c1ccc(Cl)cc1. The Hall–Kier alpha value is -2.73. The minimum atomic E-state index is -0.679. The fourth-order valence-electron chi connectivity index (χ4n) is 3.50. The van der Waals surface area contributed by atoms with E-state index >= 15 is 0 Å². The van der Waals surface area contributed by atoms with E-state index in [4.69, 9.17) is 17.3 Å². The van der Waals surface area contributed by atoms with Gasteiger partial charge >= 0.3 is 6.03 Å². The quantitative estimate of drug-likeness (QED) is 0.683. The van der Waals surface area contributed by atoms with Crippen LogP contribution < -0.4 is 21.3 Å². The summed E-state index contributed by atoms with van der Waals surface area (Å²) in [7, 11) is 0. The highest BCUT2D eigenvalue weighted by Gasteiger charge is 2.20. The van der Waals surface area contributed by atoms with Gasteiger partial charge in [-0.15, -0.1) is 0 Å². The second-order valence-electron chi connectivity index (χ2n) is 6.93. The number of halogens is 1. The zero-order chi connectivity index (χ0) is 19.9. The number of carbonyl (C=O) groups is 2. The average Bonchev–Trinajstić information content (AvgIpc) is 2.69. The Labute approximate surface area is 170 Å². The summed E-state index contributed by atoms with van der Waals surface area (Å²) in [5.41, 5.74) is 7.87. The summed E-state index contributed by atoms with van der Waals surface area (Å²) in [6.45, 7) is 1.98. The van der Waals surface area contributed by atoms with Crippen molar-refractivity contribution >= 4 is 34.9 Å². The lowest BCUT2D eigenvalue weighted by Gasteiger charge is -2.30. The van der Waals surface area contributed by atoms with Gasteiger partial charge in [-0.1, -0.05) is 35.9 Å². The number of amides is 3. The molecular weight excluding hydrogens is 376 g/mol. The molecule has 3 amide bonds. The third-order valence-electron chi connectivity index (χ3n) is 4.85. The molecule has 0 unspecified atom stereocenters. The van der Waals surface area contributed by atoms with Crippen LogP contribution in [0.1, 0.15) is 37.3 Å². The Morgan fingerprint density at radius 1 is 1.04 bits per heavy atom. The van der Waals surface area contributed by atoms with E-state index in [-0.39, 0.29) is 12.3 Å². The summed E-state index contributed by atoms with van der Waals surface area (Å²) >= 11 is 5.93. The molecule has 1 saturated heterocycles. The zero-order valence-electron chi connectivity index (χ0n) is 15.7. The average molecular weight is 401 g/mol. The molecule has 0 radical (unpaired) electrons. The van der Waals surface area contributed by atoms with E-state index in [1.807, 2.05) is 24.3 Å². The van der Waals surface area contributed by atoms with E-state index in [9.17, 15) is 9.59 Å². The third-order valence-corrected chi connectivity index (χ3v) is 5.11. The predicted octanol–water partition coefficient (Wildman–Crippen LogP) is 4.07. The van der Waals surface area contributed by atoms with E-state index < -0.39 is 12.1 Å². The largest absolute Gasteiger partial charge is 0.370 e. The van der Waals surface area contributed by atoms with Gasteiger partial charge in [-0.2, -0.15) is 0 Å². The molecule has 0 aliphatic carbocycles. The number of para-hydroxylation sites is 2. The summed E-state index contributed by atoms with van der Waals surface area (Å²) in [5, 5.41) is 6.21. The van der Waals surface area contributed by atoms with Crippen LogP contribution in [0.2, 0.25) is 5.02 Å². The second kappa shape index (κ2) is 9.46. The number of nitrogens with two attached hydrogens (primary N) is 1. The van der Waals surface area contributed by atoms with Crippen molar-refractivity contribution in [3.8, 4) is 0 Å². The van der Waals surface area contributed by atoms with Crippen molar-refractivity contribution in [1.29, 1.82) is 0 Å². The van der Waals surface area contributed by atoms with Crippen molar-refractivity contribution in [2.24, 2.45) is 5.73 Å². The number of primary amides is 1. The fraction of sp³-hybridized carbons (Fsp3) is 0.333. The zero-order valence-corrected chi connectivity index (χ0v) is 16.4. The molecule has 0 spiro atoms. The van der Waals surface area contributed by atoms with Crippen molar-refractivity contribution in [3.05, 3.63) is 59.1 Å². The van der Waals surface area contributed by atoms with Crippen LogP contribution in [0.4, 0.5) is 16.2 Å². The Balaban J connectivity index is 1.72. The van der Waals surface area contributed by atoms with Crippen LogP contribution in [0.25, 0.3) is 0 Å². The topological polar surface area (TPSA) is 87.5 Å². The number of piperidine rings is 1. The first-order valence-corrected chi connectivity index (χ1v) is 9.86. The lowest BCUT2D eigenvalue weighted by atomic mass is 10.0. The molecular formula is C21H25ClN4O2. The molecule has 2 aromatic rings. The van der Waals surface area contributed by atoms with E-state index in [1.165, 1.54) is 6.42 Å². The van der Waals surface area contributed by atoms with Crippen LogP contribution in [0.3, 0.4) is 0 Å². The van der Waals surface area contributed by atoms with Crippen LogP contribution >= 0.6 is 11.6 Å². The minimum absolute atomic E-state index is 0.0684. The highest BCUT2D eigenvalue weighted by Crippen LogP contribution is 2.29. The first-order valence-electron chi connectivity index (χ1n) is 9.48. The molecule has 0 saturated carbocycles. The maximum atomic E-state index is 12.7. The van der Waals surface area contributed by atoms with Gasteiger partial charge in [-0.3, -0.25) is 4.79 Å². The molecule has 28 heavy (non-hydrogen) atoms. The number of nitrogens with one attached hydrogen (secondary N) is 2. The minimum Gasteiger partial charge on any atom is -0.370 e. The Bertz CT molecular complexity index is 819. The number of hydrogen-bond acceptors (Lipinski definition) is 3. The van der Waals surface area contributed by atoms with Gasteiger partial charge in [0.25, 0.3) is 0 Å².